The molecule has 2 fully saturated rings. The van der Waals surface area contributed by atoms with Crippen LogP contribution >= 0.6 is 0 Å². The van der Waals surface area contributed by atoms with E-state index in [9.17, 15) is 9.59 Å². The Balaban J connectivity index is 1.56. The highest BCUT2D eigenvalue weighted by molar-refractivity contribution is 5.83. The number of benzene rings is 1. The Bertz CT molecular complexity index is 567. The maximum absolute atomic E-state index is 12.4. The zero-order chi connectivity index (χ0) is 16.8. The van der Waals surface area contributed by atoms with E-state index in [-0.39, 0.29) is 12.5 Å². The molecule has 7 heteroatoms. The summed E-state index contributed by atoms with van der Waals surface area (Å²) >= 11 is 0. The molecule has 130 valence electrons. The number of morpholine rings is 1. The summed E-state index contributed by atoms with van der Waals surface area (Å²) in [6.45, 7) is 5.87. The molecular formula is C17H24N4O3. The van der Waals surface area contributed by atoms with Crippen LogP contribution in [0.2, 0.25) is 0 Å². The smallest absolute Gasteiger partial charge is 0.241 e. The fraction of sp³-hybridized carbons (Fsp3) is 0.529. The Morgan fingerprint density at radius 3 is 2.50 bits per heavy atom. The Morgan fingerprint density at radius 1 is 1.08 bits per heavy atom. The van der Waals surface area contributed by atoms with E-state index in [0.717, 1.165) is 44.1 Å². The predicted octanol–water partition coefficient (Wildman–Crippen LogP) is 0.236. The average molecular weight is 332 g/mol. The van der Waals surface area contributed by atoms with Crippen LogP contribution in [0.15, 0.2) is 24.3 Å². The molecule has 0 unspecified atom stereocenters. The lowest BCUT2D eigenvalue weighted by Crippen LogP contribution is -2.49. The summed E-state index contributed by atoms with van der Waals surface area (Å²) in [6.07, 6.45) is 0.846. The molecule has 0 spiro atoms. The number of anilines is 2. The number of piperazine rings is 1. The third kappa shape index (κ3) is 3.97. The van der Waals surface area contributed by atoms with Crippen LogP contribution in [0.25, 0.3) is 0 Å². The molecule has 0 atom stereocenters. The van der Waals surface area contributed by atoms with Crippen LogP contribution in [-0.4, -0.2) is 81.1 Å². The van der Waals surface area contributed by atoms with Crippen molar-refractivity contribution < 1.29 is 14.3 Å². The Kier molecular flexibility index (Phi) is 5.53. The van der Waals surface area contributed by atoms with Crippen LogP contribution in [0.5, 0.6) is 0 Å². The summed E-state index contributed by atoms with van der Waals surface area (Å²) in [5, 5.41) is 3.28. The minimum atomic E-state index is 0.0670. The summed E-state index contributed by atoms with van der Waals surface area (Å²) in [5.74, 6) is 0.0670. The molecule has 0 radical (unpaired) electrons. The number of carbonyl (C=O) groups is 2. The van der Waals surface area contributed by atoms with E-state index in [0.29, 0.717) is 26.2 Å². The third-order valence-corrected chi connectivity index (χ3v) is 4.50. The normalized spacial score (nSPS) is 18.4. The summed E-state index contributed by atoms with van der Waals surface area (Å²) in [4.78, 5) is 28.9. The first-order valence-electron chi connectivity index (χ1n) is 8.40. The van der Waals surface area contributed by atoms with Gasteiger partial charge < -0.3 is 24.8 Å². The highest BCUT2D eigenvalue weighted by Gasteiger charge is 2.20. The number of hydrogen-bond donors (Lipinski definition) is 1. The molecule has 1 aromatic carbocycles. The lowest BCUT2D eigenvalue weighted by atomic mass is 10.2. The second-order valence-corrected chi connectivity index (χ2v) is 5.99. The summed E-state index contributed by atoms with van der Waals surface area (Å²) < 4.78 is 5.40. The number of hydrogen-bond acceptors (Lipinski definition) is 5. The van der Waals surface area contributed by atoms with Crippen LogP contribution in [0.1, 0.15) is 0 Å². The molecule has 0 saturated carbocycles. The Morgan fingerprint density at radius 2 is 1.79 bits per heavy atom. The summed E-state index contributed by atoms with van der Waals surface area (Å²) in [7, 11) is 0. The molecule has 7 nitrogen and oxygen atoms in total. The summed E-state index contributed by atoms with van der Waals surface area (Å²) in [5.41, 5.74) is 2.08. The van der Waals surface area contributed by atoms with E-state index in [1.54, 1.807) is 4.90 Å². The summed E-state index contributed by atoms with van der Waals surface area (Å²) in [6, 6.07) is 8.06. The van der Waals surface area contributed by atoms with Gasteiger partial charge in [-0.2, -0.15) is 0 Å². The first kappa shape index (κ1) is 16.6. The van der Waals surface area contributed by atoms with Crippen molar-refractivity contribution in [2.45, 2.75) is 0 Å². The molecule has 24 heavy (non-hydrogen) atoms. The van der Waals surface area contributed by atoms with Gasteiger partial charge in [0.15, 0.2) is 0 Å². The van der Waals surface area contributed by atoms with Crippen molar-refractivity contribution in [3.63, 3.8) is 0 Å². The number of nitrogens with zero attached hydrogens (tertiary/aromatic N) is 3. The minimum Gasteiger partial charge on any atom is -0.378 e. The van der Waals surface area contributed by atoms with Crippen molar-refractivity contribution in [1.82, 2.24) is 9.80 Å². The number of amides is 2. The van der Waals surface area contributed by atoms with Crippen LogP contribution in [0.3, 0.4) is 0 Å². The zero-order valence-corrected chi connectivity index (χ0v) is 13.8. The molecule has 2 amide bonds. The second kappa shape index (κ2) is 8.01. The van der Waals surface area contributed by atoms with Gasteiger partial charge in [0.25, 0.3) is 0 Å². The molecule has 0 bridgehead atoms. The molecule has 3 rings (SSSR count). The van der Waals surface area contributed by atoms with E-state index in [4.69, 9.17) is 4.74 Å². The maximum atomic E-state index is 12.4. The molecule has 1 aromatic rings. The van der Waals surface area contributed by atoms with Gasteiger partial charge in [0.1, 0.15) is 0 Å². The van der Waals surface area contributed by atoms with Gasteiger partial charge in [-0.15, -0.1) is 0 Å². The van der Waals surface area contributed by atoms with Crippen molar-refractivity contribution in [3.05, 3.63) is 24.3 Å². The first-order chi connectivity index (χ1) is 11.8. The van der Waals surface area contributed by atoms with Gasteiger partial charge in [-0.05, 0) is 12.1 Å². The number of rotatable bonds is 5. The van der Waals surface area contributed by atoms with E-state index in [2.05, 4.69) is 16.3 Å². The second-order valence-electron chi connectivity index (χ2n) is 5.99. The van der Waals surface area contributed by atoms with Gasteiger partial charge in [-0.1, -0.05) is 12.1 Å². The number of carbonyl (C=O) groups excluding carboxylic acids is 2. The monoisotopic (exact) mass is 332 g/mol. The third-order valence-electron chi connectivity index (χ3n) is 4.50. The van der Waals surface area contributed by atoms with E-state index in [1.807, 2.05) is 23.1 Å². The molecule has 2 heterocycles. The average Bonchev–Trinajstić information content (AvgIpc) is 2.67. The van der Waals surface area contributed by atoms with Crippen molar-refractivity contribution in [2.24, 2.45) is 0 Å². The van der Waals surface area contributed by atoms with Crippen molar-refractivity contribution >= 4 is 23.7 Å². The fourth-order valence-corrected chi connectivity index (χ4v) is 3.06. The number of ether oxygens (including phenoxy) is 1. The zero-order valence-electron chi connectivity index (χ0n) is 13.8. The Labute approximate surface area is 142 Å². The fourth-order valence-electron chi connectivity index (χ4n) is 3.06. The highest BCUT2D eigenvalue weighted by Crippen LogP contribution is 2.26. The van der Waals surface area contributed by atoms with Gasteiger partial charge in [0, 0.05) is 39.3 Å². The minimum absolute atomic E-state index is 0.0670. The topological polar surface area (TPSA) is 65.1 Å². The maximum Gasteiger partial charge on any atom is 0.241 e. The van der Waals surface area contributed by atoms with Gasteiger partial charge >= 0.3 is 0 Å². The molecular weight excluding hydrogens is 308 g/mol. The van der Waals surface area contributed by atoms with Gasteiger partial charge in [-0.25, -0.2) is 0 Å². The quantitative estimate of drug-likeness (QED) is 0.783. The molecule has 0 aliphatic carbocycles. The number of nitrogens with one attached hydrogen (secondary N) is 1. The molecule has 2 saturated heterocycles. The van der Waals surface area contributed by atoms with Crippen molar-refractivity contribution in [3.8, 4) is 0 Å². The molecule has 1 N–H and O–H groups in total. The highest BCUT2D eigenvalue weighted by atomic mass is 16.5. The van der Waals surface area contributed by atoms with Gasteiger partial charge in [0.05, 0.1) is 31.1 Å². The predicted molar refractivity (Wildman–Crippen MR) is 92.2 cm³/mol. The Hall–Kier alpha value is -2.28. The van der Waals surface area contributed by atoms with Crippen LogP contribution in [-0.2, 0) is 14.3 Å². The van der Waals surface area contributed by atoms with Gasteiger partial charge in [0.2, 0.25) is 12.3 Å². The van der Waals surface area contributed by atoms with Crippen molar-refractivity contribution in [2.75, 3.05) is 69.2 Å². The van der Waals surface area contributed by atoms with Gasteiger partial charge in [-0.3, -0.25) is 9.59 Å². The largest absolute Gasteiger partial charge is 0.378 e. The van der Waals surface area contributed by atoms with Crippen LogP contribution < -0.4 is 10.2 Å². The molecule has 0 aromatic heterocycles. The lowest BCUT2D eigenvalue weighted by molar-refractivity contribution is -0.133. The number of para-hydroxylation sites is 2. The van der Waals surface area contributed by atoms with E-state index < -0.39 is 0 Å². The molecule has 2 aliphatic rings. The van der Waals surface area contributed by atoms with Crippen LogP contribution in [0.4, 0.5) is 11.4 Å². The van der Waals surface area contributed by atoms with Crippen LogP contribution in [0, 0.1) is 0 Å². The van der Waals surface area contributed by atoms with E-state index >= 15 is 0 Å². The SMILES string of the molecule is O=CN1CCN(C(=O)CNc2ccccc2N2CCOCC2)CC1. The standard InChI is InChI=1S/C17H24N4O3/c22-14-19-5-7-21(8-6-19)17(23)13-18-15-3-1-2-4-16(15)20-9-11-24-12-10-20/h1-4,14,18H,5-13H2. The first-order valence-corrected chi connectivity index (χ1v) is 8.40. The van der Waals surface area contributed by atoms with E-state index in [1.165, 1.54) is 0 Å². The molecule has 2 aliphatic heterocycles. The lowest BCUT2D eigenvalue weighted by Gasteiger charge is -2.33. The van der Waals surface area contributed by atoms with Crippen molar-refractivity contribution in [1.29, 1.82) is 0 Å².